The monoisotopic (exact) mass is 430 g/mol. The first kappa shape index (κ1) is 20.0. The van der Waals surface area contributed by atoms with Gasteiger partial charge in [0.2, 0.25) is 0 Å². The summed E-state index contributed by atoms with van der Waals surface area (Å²) in [5.41, 5.74) is 0.689. The average Bonchev–Trinajstić information content (AvgIpc) is 3.12. The van der Waals surface area contributed by atoms with E-state index in [1.807, 2.05) is 0 Å². The van der Waals surface area contributed by atoms with Gasteiger partial charge >= 0.3 is 0 Å². The Kier molecular flexibility index (Phi) is 4.83. The van der Waals surface area contributed by atoms with Crippen molar-refractivity contribution in [1.29, 1.82) is 0 Å². The Morgan fingerprint density at radius 3 is 2.33 bits per heavy atom. The molecule has 1 saturated heterocycles. The minimum Gasteiger partial charge on any atom is -0.497 e. The van der Waals surface area contributed by atoms with Crippen LogP contribution in [0.3, 0.4) is 0 Å². The van der Waals surface area contributed by atoms with E-state index in [-0.39, 0.29) is 22.4 Å². The van der Waals surface area contributed by atoms with Gasteiger partial charge in [-0.15, -0.1) is 0 Å². The molecular weight excluding hydrogens is 412 g/mol. The maximum absolute atomic E-state index is 12.8. The van der Waals surface area contributed by atoms with E-state index in [2.05, 4.69) is 5.32 Å². The Bertz CT molecular complexity index is 1160. The van der Waals surface area contributed by atoms with Gasteiger partial charge in [0.15, 0.2) is 9.84 Å². The van der Waals surface area contributed by atoms with Crippen molar-refractivity contribution in [2.24, 2.45) is 0 Å². The number of amides is 3. The van der Waals surface area contributed by atoms with Gasteiger partial charge in [0.05, 0.1) is 47.6 Å². The molecule has 2 aliphatic heterocycles. The van der Waals surface area contributed by atoms with Crippen molar-refractivity contribution in [3.05, 3.63) is 59.2 Å². The molecule has 0 radical (unpaired) electrons. The highest BCUT2D eigenvalue weighted by Crippen LogP contribution is 2.30. The van der Waals surface area contributed by atoms with Gasteiger partial charge in [0.1, 0.15) is 5.75 Å². The highest BCUT2D eigenvalue weighted by atomic mass is 32.2. The lowest BCUT2D eigenvalue weighted by molar-refractivity contribution is 0.0887. The number of nitrogens with zero attached hydrogens (tertiary/aromatic N) is 1. The Balaban J connectivity index is 1.58. The molecule has 0 aliphatic carbocycles. The van der Waals surface area contributed by atoms with Gasteiger partial charge < -0.3 is 15.2 Å². The molecule has 156 valence electrons. The van der Waals surface area contributed by atoms with Crippen LogP contribution in [0.25, 0.3) is 0 Å². The van der Waals surface area contributed by atoms with Crippen molar-refractivity contribution in [3.8, 4) is 5.75 Å². The van der Waals surface area contributed by atoms with Crippen LogP contribution in [0.15, 0.2) is 42.5 Å². The quantitative estimate of drug-likeness (QED) is 0.671. The lowest BCUT2D eigenvalue weighted by atomic mass is 10.0. The van der Waals surface area contributed by atoms with Gasteiger partial charge in [0, 0.05) is 5.56 Å². The van der Waals surface area contributed by atoms with E-state index in [1.54, 1.807) is 24.3 Å². The van der Waals surface area contributed by atoms with Crippen LogP contribution in [-0.4, -0.2) is 62.0 Å². The maximum atomic E-state index is 12.8. The molecule has 2 heterocycles. The van der Waals surface area contributed by atoms with Crippen molar-refractivity contribution in [2.45, 2.75) is 12.1 Å². The van der Waals surface area contributed by atoms with Crippen molar-refractivity contribution < 1.29 is 32.6 Å². The summed E-state index contributed by atoms with van der Waals surface area (Å²) in [6.45, 7) is 0. The Labute approximate surface area is 172 Å². The number of aliphatic hydroxyl groups is 1. The molecule has 2 atom stereocenters. The van der Waals surface area contributed by atoms with Crippen molar-refractivity contribution in [2.75, 3.05) is 23.5 Å². The van der Waals surface area contributed by atoms with Crippen LogP contribution in [0.5, 0.6) is 5.75 Å². The van der Waals surface area contributed by atoms with E-state index < -0.39 is 45.5 Å². The lowest BCUT2D eigenvalue weighted by Crippen LogP contribution is -2.42. The summed E-state index contributed by atoms with van der Waals surface area (Å²) in [5.74, 6) is -1.91. The molecule has 9 nitrogen and oxygen atoms in total. The van der Waals surface area contributed by atoms with Crippen LogP contribution < -0.4 is 15.0 Å². The van der Waals surface area contributed by atoms with Crippen LogP contribution in [0.1, 0.15) is 31.1 Å². The fourth-order valence-corrected chi connectivity index (χ4v) is 5.31. The van der Waals surface area contributed by atoms with Crippen LogP contribution in [-0.2, 0) is 9.84 Å². The summed E-state index contributed by atoms with van der Waals surface area (Å²) >= 11 is 0. The van der Waals surface area contributed by atoms with Gasteiger partial charge in [-0.25, -0.2) is 13.3 Å². The number of rotatable bonds is 4. The second-order valence-electron chi connectivity index (χ2n) is 7.13. The molecule has 0 saturated carbocycles. The number of hydrogen-bond acceptors (Lipinski definition) is 7. The molecule has 0 unspecified atom stereocenters. The molecular formula is C20H18N2O7S. The van der Waals surface area contributed by atoms with Gasteiger partial charge in [-0.1, -0.05) is 0 Å². The molecule has 30 heavy (non-hydrogen) atoms. The summed E-state index contributed by atoms with van der Waals surface area (Å²) in [7, 11) is -1.92. The number of methoxy groups -OCH3 is 1. The molecule has 0 bridgehead atoms. The molecule has 1 fully saturated rings. The molecule has 10 heteroatoms. The first-order valence-electron chi connectivity index (χ1n) is 9.06. The third kappa shape index (κ3) is 3.44. The van der Waals surface area contributed by atoms with Crippen LogP contribution in [0, 0.1) is 0 Å². The Morgan fingerprint density at radius 2 is 1.73 bits per heavy atom. The maximum Gasteiger partial charge on any atom is 0.266 e. The predicted molar refractivity (Wildman–Crippen MR) is 106 cm³/mol. The molecule has 2 aromatic rings. The number of anilines is 1. The number of benzene rings is 2. The molecule has 2 aliphatic rings. The minimum absolute atomic E-state index is 0.0723. The number of fused-ring (bicyclic) bond motifs is 1. The standard InChI is InChI=1S/C20H18N2O7S/c1-29-13-5-3-12(4-6-13)22-19(25)14-7-2-11(8-15(14)20(22)26)18(24)21-16-9-30(27,28)10-17(16)23/h2-8,16-17,23H,9-10H2,1H3,(H,21,24)/t16-,17-/m0/s1. The van der Waals surface area contributed by atoms with Crippen LogP contribution >= 0.6 is 0 Å². The number of sulfone groups is 1. The summed E-state index contributed by atoms with van der Waals surface area (Å²) in [5, 5.41) is 12.3. The molecule has 0 aromatic heterocycles. The fourth-order valence-electron chi connectivity index (χ4n) is 3.57. The van der Waals surface area contributed by atoms with E-state index >= 15 is 0 Å². The van der Waals surface area contributed by atoms with E-state index in [4.69, 9.17) is 4.74 Å². The van der Waals surface area contributed by atoms with Gasteiger partial charge in [-0.05, 0) is 42.5 Å². The second kappa shape index (κ2) is 7.22. The number of carbonyl (C=O) groups excluding carboxylic acids is 3. The molecule has 3 amide bonds. The van der Waals surface area contributed by atoms with Gasteiger partial charge in [-0.3, -0.25) is 14.4 Å². The SMILES string of the molecule is COc1ccc(N2C(=O)c3ccc(C(=O)N[C@H]4CS(=O)(=O)C[C@@H]4O)cc3C2=O)cc1. The smallest absolute Gasteiger partial charge is 0.266 e. The first-order chi connectivity index (χ1) is 14.2. The van der Waals surface area contributed by atoms with Gasteiger partial charge in [-0.2, -0.15) is 0 Å². The molecule has 0 spiro atoms. The summed E-state index contributed by atoms with van der Waals surface area (Å²) in [6.07, 6.45) is -1.19. The normalized spacial score (nSPS) is 22.1. The minimum atomic E-state index is -3.42. The van der Waals surface area contributed by atoms with Crippen LogP contribution in [0.2, 0.25) is 0 Å². The van der Waals surface area contributed by atoms with Crippen LogP contribution in [0.4, 0.5) is 5.69 Å². The van der Waals surface area contributed by atoms with E-state index in [9.17, 15) is 27.9 Å². The zero-order chi connectivity index (χ0) is 21.6. The second-order valence-corrected chi connectivity index (χ2v) is 9.28. The zero-order valence-corrected chi connectivity index (χ0v) is 16.7. The average molecular weight is 430 g/mol. The Morgan fingerprint density at radius 1 is 1.07 bits per heavy atom. The number of aliphatic hydroxyl groups excluding tert-OH is 1. The third-order valence-corrected chi connectivity index (χ3v) is 6.83. The highest BCUT2D eigenvalue weighted by Gasteiger charge is 2.39. The summed E-state index contributed by atoms with van der Waals surface area (Å²) in [4.78, 5) is 39.1. The first-order valence-corrected chi connectivity index (χ1v) is 10.9. The zero-order valence-electron chi connectivity index (χ0n) is 15.9. The molecule has 4 rings (SSSR count). The fraction of sp³-hybridized carbons (Fsp3) is 0.250. The van der Waals surface area contributed by atoms with E-state index in [0.717, 1.165) is 4.90 Å². The van der Waals surface area contributed by atoms with E-state index in [0.29, 0.717) is 11.4 Å². The molecule has 2 N–H and O–H groups in total. The highest BCUT2D eigenvalue weighted by molar-refractivity contribution is 7.91. The van der Waals surface area contributed by atoms with Crippen molar-refractivity contribution in [1.82, 2.24) is 5.32 Å². The summed E-state index contributed by atoms with van der Waals surface area (Å²) < 4.78 is 28.3. The topological polar surface area (TPSA) is 130 Å². The number of imide groups is 1. The lowest BCUT2D eigenvalue weighted by Gasteiger charge is -2.15. The number of nitrogens with one attached hydrogen (secondary N) is 1. The van der Waals surface area contributed by atoms with Gasteiger partial charge in [0.25, 0.3) is 17.7 Å². The summed E-state index contributed by atoms with van der Waals surface area (Å²) in [6, 6.07) is 9.54. The number of ether oxygens (including phenoxy) is 1. The largest absolute Gasteiger partial charge is 0.497 e. The number of hydrogen-bond donors (Lipinski definition) is 2. The van der Waals surface area contributed by atoms with Crippen molar-refractivity contribution in [3.63, 3.8) is 0 Å². The Hall–Kier alpha value is -3.24. The van der Waals surface area contributed by atoms with E-state index in [1.165, 1.54) is 25.3 Å². The predicted octanol–water partition coefficient (Wildman–Crippen LogP) is 0.383. The van der Waals surface area contributed by atoms with Crippen molar-refractivity contribution >= 4 is 33.2 Å². The number of carbonyl (C=O) groups is 3. The molecule has 2 aromatic carbocycles. The third-order valence-electron chi connectivity index (χ3n) is 5.12.